The molecule has 3 aliphatic rings. The summed E-state index contributed by atoms with van der Waals surface area (Å²) in [5.74, 6) is -1.85. The summed E-state index contributed by atoms with van der Waals surface area (Å²) in [6, 6.07) is 0.0129. The highest BCUT2D eigenvalue weighted by molar-refractivity contribution is 5.87. The van der Waals surface area contributed by atoms with Gasteiger partial charge in [-0.25, -0.2) is 0 Å². The summed E-state index contributed by atoms with van der Waals surface area (Å²) in [6.07, 6.45) is 8.80. The van der Waals surface area contributed by atoms with Crippen LogP contribution < -0.4 is 11.1 Å². The number of rotatable bonds is 3. The van der Waals surface area contributed by atoms with Crippen LogP contribution in [-0.4, -0.2) is 29.1 Å². The zero-order valence-corrected chi connectivity index (χ0v) is 11.5. The number of aliphatic carboxylic acids is 1. The Morgan fingerprint density at radius 1 is 1.10 bits per heavy atom. The maximum absolute atomic E-state index is 12.5. The number of hydrogen-bond acceptors (Lipinski definition) is 3. The SMILES string of the molecule is NC1CCCCC1NC(=O)[C@H]1C2C=CC(C2)[C@H]1C(=O)O. The van der Waals surface area contributed by atoms with E-state index in [1.807, 2.05) is 12.2 Å². The highest BCUT2D eigenvalue weighted by Crippen LogP contribution is 2.48. The first-order valence-electron chi connectivity index (χ1n) is 7.55. The lowest BCUT2D eigenvalue weighted by Crippen LogP contribution is -2.52. The Morgan fingerprint density at radius 2 is 1.75 bits per heavy atom. The van der Waals surface area contributed by atoms with Crippen LogP contribution in [0.4, 0.5) is 0 Å². The molecule has 0 aromatic rings. The minimum Gasteiger partial charge on any atom is -0.481 e. The Balaban J connectivity index is 1.70. The van der Waals surface area contributed by atoms with Crippen molar-refractivity contribution in [3.05, 3.63) is 12.2 Å². The van der Waals surface area contributed by atoms with E-state index in [2.05, 4.69) is 5.32 Å². The minimum atomic E-state index is -0.852. The van der Waals surface area contributed by atoms with Gasteiger partial charge in [-0.05, 0) is 31.1 Å². The molecule has 2 bridgehead atoms. The number of carboxylic acid groups (broad SMARTS) is 1. The summed E-state index contributed by atoms with van der Waals surface area (Å²) in [7, 11) is 0. The smallest absolute Gasteiger partial charge is 0.307 e. The Morgan fingerprint density at radius 3 is 2.40 bits per heavy atom. The number of carboxylic acids is 1. The van der Waals surface area contributed by atoms with Gasteiger partial charge in [-0.1, -0.05) is 25.0 Å². The van der Waals surface area contributed by atoms with Gasteiger partial charge < -0.3 is 16.2 Å². The molecule has 5 heteroatoms. The molecule has 1 amide bonds. The van der Waals surface area contributed by atoms with E-state index in [0.29, 0.717) is 0 Å². The molecule has 2 fully saturated rings. The van der Waals surface area contributed by atoms with Gasteiger partial charge in [0.15, 0.2) is 0 Å². The molecule has 0 spiro atoms. The van der Waals surface area contributed by atoms with Crippen LogP contribution in [0.5, 0.6) is 0 Å². The predicted molar refractivity (Wildman–Crippen MR) is 73.7 cm³/mol. The molecule has 0 heterocycles. The van der Waals surface area contributed by atoms with Crippen molar-refractivity contribution in [1.82, 2.24) is 5.32 Å². The van der Waals surface area contributed by atoms with Crippen LogP contribution in [0.1, 0.15) is 32.1 Å². The molecular formula is C15H22N2O3. The van der Waals surface area contributed by atoms with Crippen LogP contribution >= 0.6 is 0 Å². The van der Waals surface area contributed by atoms with Crippen LogP contribution in [0.25, 0.3) is 0 Å². The number of nitrogens with one attached hydrogen (secondary N) is 1. The number of allylic oxidation sites excluding steroid dienone is 2. The molecule has 20 heavy (non-hydrogen) atoms. The van der Waals surface area contributed by atoms with Gasteiger partial charge in [0.2, 0.25) is 5.91 Å². The number of nitrogens with two attached hydrogens (primary N) is 1. The molecule has 110 valence electrons. The molecule has 2 saturated carbocycles. The second kappa shape index (κ2) is 5.20. The van der Waals surface area contributed by atoms with Gasteiger partial charge in [-0.3, -0.25) is 9.59 Å². The Kier molecular flexibility index (Phi) is 3.54. The lowest BCUT2D eigenvalue weighted by molar-refractivity contribution is -0.148. The molecule has 4 N–H and O–H groups in total. The van der Waals surface area contributed by atoms with Crippen LogP contribution in [0.2, 0.25) is 0 Å². The summed E-state index contributed by atoms with van der Waals surface area (Å²) in [5, 5.41) is 12.4. The number of hydrogen-bond donors (Lipinski definition) is 3. The van der Waals surface area contributed by atoms with Crippen molar-refractivity contribution in [2.75, 3.05) is 0 Å². The number of carbonyl (C=O) groups excluding carboxylic acids is 1. The lowest BCUT2D eigenvalue weighted by atomic mass is 9.81. The molecule has 3 rings (SSSR count). The van der Waals surface area contributed by atoms with Crippen molar-refractivity contribution in [1.29, 1.82) is 0 Å². The molecule has 3 aliphatic carbocycles. The van der Waals surface area contributed by atoms with Gasteiger partial charge in [-0.15, -0.1) is 0 Å². The van der Waals surface area contributed by atoms with E-state index in [1.54, 1.807) is 0 Å². The standard InChI is InChI=1S/C15H22N2O3/c16-10-3-1-2-4-11(10)17-14(18)12-8-5-6-9(7-8)13(12)15(19)20/h5-6,8-13H,1-4,7,16H2,(H,17,18)(H,19,20)/t8?,9?,10?,11?,12-,13+/m0/s1. The highest BCUT2D eigenvalue weighted by atomic mass is 16.4. The summed E-state index contributed by atoms with van der Waals surface area (Å²) in [6.45, 7) is 0. The second-order valence-corrected chi connectivity index (χ2v) is 6.40. The average Bonchev–Trinajstić information content (AvgIpc) is 3.01. The number of carbonyl (C=O) groups is 2. The van der Waals surface area contributed by atoms with E-state index in [9.17, 15) is 14.7 Å². The van der Waals surface area contributed by atoms with Crippen LogP contribution in [0, 0.1) is 23.7 Å². The van der Waals surface area contributed by atoms with E-state index in [0.717, 1.165) is 32.1 Å². The molecule has 5 nitrogen and oxygen atoms in total. The first-order valence-corrected chi connectivity index (χ1v) is 7.55. The number of amides is 1. The molecule has 0 aromatic carbocycles. The van der Waals surface area contributed by atoms with E-state index in [1.165, 1.54) is 0 Å². The summed E-state index contributed by atoms with van der Waals surface area (Å²) in [5.41, 5.74) is 6.05. The van der Waals surface area contributed by atoms with E-state index in [-0.39, 0.29) is 29.8 Å². The molecule has 0 aromatic heterocycles. The predicted octanol–water partition coefficient (Wildman–Crippen LogP) is 0.895. The van der Waals surface area contributed by atoms with Crippen molar-refractivity contribution < 1.29 is 14.7 Å². The van der Waals surface area contributed by atoms with Crippen LogP contribution in [-0.2, 0) is 9.59 Å². The molecular weight excluding hydrogens is 256 g/mol. The van der Waals surface area contributed by atoms with Gasteiger partial charge in [0.1, 0.15) is 0 Å². The minimum absolute atomic E-state index is 0.00473. The Labute approximate surface area is 118 Å². The maximum atomic E-state index is 12.5. The topological polar surface area (TPSA) is 92.4 Å². The van der Waals surface area contributed by atoms with E-state index in [4.69, 9.17) is 5.73 Å². The molecule has 0 radical (unpaired) electrons. The zero-order valence-electron chi connectivity index (χ0n) is 11.5. The van der Waals surface area contributed by atoms with Crippen molar-refractivity contribution in [3.8, 4) is 0 Å². The normalized spacial score (nSPS) is 42.6. The number of fused-ring (bicyclic) bond motifs is 2. The van der Waals surface area contributed by atoms with E-state index >= 15 is 0 Å². The molecule has 0 aliphatic heterocycles. The Bertz CT molecular complexity index is 448. The third kappa shape index (κ3) is 2.24. The van der Waals surface area contributed by atoms with E-state index < -0.39 is 17.8 Å². The van der Waals surface area contributed by atoms with Crippen molar-refractivity contribution in [2.45, 2.75) is 44.2 Å². The fourth-order valence-electron chi connectivity index (χ4n) is 4.13. The zero-order chi connectivity index (χ0) is 14.3. The van der Waals surface area contributed by atoms with Gasteiger partial charge >= 0.3 is 5.97 Å². The largest absolute Gasteiger partial charge is 0.481 e. The van der Waals surface area contributed by atoms with Gasteiger partial charge in [0.25, 0.3) is 0 Å². The van der Waals surface area contributed by atoms with Crippen molar-refractivity contribution in [2.24, 2.45) is 29.4 Å². The Hall–Kier alpha value is -1.36. The summed E-state index contributed by atoms with van der Waals surface area (Å²) in [4.78, 5) is 23.9. The quantitative estimate of drug-likeness (QED) is 0.669. The molecule has 0 saturated heterocycles. The third-order valence-electron chi connectivity index (χ3n) is 5.19. The lowest BCUT2D eigenvalue weighted by Gasteiger charge is -2.32. The molecule has 4 unspecified atom stereocenters. The average molecular weight is 278 g/mol. The molecule has 6 atom stereocenters. The third-order valence-corrected chi connectivity index (χ3v) is 5.19. The first-order chi connectivity index (χ1) is 9.58. The van der Waals surface area contributed by atoms with Crippen LogP contribution in [0.15, 0.2) is 12.2 Å². The van der Waals surface area contributed by atoms with Crippen molar-refractivity contribution >= 4 is 11.9 Å². The fourth-order valence-corrected chi connectivity index (χ4v) is 4.13. The highest BCUT2D eigenvalue weighted by Gasteiger charge is 2.51. The second-order valence-electron chi connectivity index (χ2n) is 6.40. The van der Waals surface area contributed by atoms with Gasteiger partial charge in [-0.2, -0.15) is 0 Å². The first kappa shape index (κ1) is 13.6. The fraction of sp³-hybridized carbons (Fsp3) is 0.733. The maximum Gasteiger partial charge on any atom is 0.307 e. The van der Waals surface area contributed by atoms with Gasteiger partial charge in [0, 0.05) is 12.1 Å². The van der Waals surface area contributed by atoms with Crippen molar-refractivity contribution in [3.63, 3.8) is 0 Å². The monoisotopic (exact) mass is 278 g/mol. The summed E-state index contributed by atoms with van der Waals surface area (Å²) >= 11 is 0. The van der Waals surface area contributed by atoms with Crippen LogP contribution in [0.3, 0.4) is 0 Å². The summed E-state index contributed by atoms with van der Waals surface area (Å²) < 4.78 is 0. The van der Waals surface area contributed by atoms with Gasteiger partial charge in [0.05, 0.1) is 11.8 Å².